The van der Waals surface area contributed by atoms with E-state index in [1.54, 1.807) is 18.2 Å². The highest BCUT2D eigenvalue weighted by Crippen LogP contribution is 2.18. The fourth-order valence-electron chi connectivity index (χ4n) is 2.28. The minimum absolute atomic E-state index is 0.0525. The largest absolute Gasteiger partial charge is 0.469 e. The molecule has 21 heavy (non-hydrogen) atoms. The summed E-state index contributed by atoms with van der Waals surface area (Å²) in [4.78, 5) is 25.8. The predicted molar refractivity (Wildman–Crippen MR) is 77.2 cm³/mol. The van der Waals surface area contributed by atoms with Crippen molar-refractivity contribution in [3.63, 3.8) is 0 Å². The molecule has 0 atom stereocenters. The van der Waals surface area contributed by atoms with Crippen LogP contribution in [-0.4, -0.2) is 16.2 Å². The van der Waals surface area contributed by atoms with Crippen LogP contribution in [0.1, 0.15) is 16.9 Å². The molecule has 0 aliphatic rings. The van der Waals surface area contributed by atoms with Gasteiger partial charge in [-0.15, -0.1) is 0 Å². The third-order valence-corrected chi connectivity index (χ3v) is 3.48. The van der Waals surface area contributed by atoms with Crippen LogP contribution in [-0.2, 0) is 20.6 Å². The topological polar surface area (TPSA) is 84.2 Å². The second-order valence-electron chi connectivity index (χ2n) is 4.87. The summed E-state index contributed by atoms with van der Waals surface area (Å²) < 4.78 is 7.46. The summed E-state index contributed by atoms with van der Waals surface area (Å²) in [6.45, 7) is 2.26. The maximum absolute atomic E-state index is 12.0. The number of nitriles is 1. The van der Waals surface area contributed by atoms with Gasteiger partial charge in [-0.05, 0) is 13.0 Å². The van der Waals surface area contributed by atoms with E-state index in [0.717, 1.165) is 15.9 Å². The lowest BCUT2D eigenvalue weighted by atomic mass is 10.2. The number of aromatic nitrogens is 2. The van der Waals surface area contributed by atoms with E-state index in [4.69, 9.17) is 4.42 Å². The molecule has 2 heterocycles. The minimum atomic E-state index is -0.591. The molecular formula is C14H16N4O3. The lowest BCUT2D eigenvalue weighted by Gasteiger charge is -2.22. The Morgan fingerprint density at radius 1 is 1.33 bits per heavy atom. The number of anilines is 1. The Morgan fingerprint density at radius 2 is 2.00 bits per heavy atom. The number of furan rings is 1. The highest BCUT2D eigenvalue weighted by atomic mass is 16.3. The van der Waals surface area contributed by atoms with Gasteiger partial charge in [-0.1, -0.05) is 0 Å². The fraction of sp³-hybridized carbons (Fsp3) is 0.357. The third kappa shape index (κ3) is 2.36. The molecule has 0 N–H and O–H groups in total. The molecule has 0 spiro atoms. The lowest BCUT2D eigenvalue weighted by molar-refractivity contribution is 0.529. The van der Waals surface area contributed by atoms with Crippen LogP contribution in [0, 0.1) is 18.3 Å². The smallest absolute Gasteiger partial charge is 0.332 e. The van der Waals surface area contributed by atoms with Crippen LogP contribution < -0.4 is 16.1 Å². The molecule has 2 rings (SSSR count). The summed E-state index contributed by atoms with van der Waals surface area (Å²) in [5, 5.41) is 9.24. The Balaban J connectivity index is 2.59. The minimum Gasteiger partial charge on any atom is -0.469 e. The van der Waals surface area contributed by atoms with Crippen molar-refractivity contribution >= 4 is 5.82 Å². The Labute approximate surface area is 121 Å². The van der Waals surface area contributed by atoms with Crippen molar-refractivity contribution in [3.8, 4) is 6.07 Å². The van der Waals surface area contributed by atoms with E-state index < -0.39 is 11.2 Å². The van der Waals surface area contributed by atoms with Crippen molar-refractivity contribution in [1.29, 1.82) is 5.26 Å². The van der Waals surface area contributed by atoms with E-state index >= 15 is 0 Å². The molecule has 7 nitrogen and oxygen atoms in total. The molecule has 0 amide bonds. The Hall–Kier alpha value is -2.75. The standard InChI is InChI=1S/C14H16N4O3/c1-9-10(5-6-21-9)8-16(2)12-11(7-15)13(19)18(4)14(20)17(12)3/h5-6H,8H2,1-4H3. The van der Waals surface area contributed by atoms with Crippen LogP contribution in [0.5, 0.6) is 0 Å². The van der Waals surface area contributed by atoms with E-state index in [2.05, 4.69) is 0 Å². The number of nitrogens with zero attached hydrogens (tertiary/aromatic N) is 4. The van der Waals surface area contributed by atoms with E-state index in [9.17, 15) is 14.9 Å². The first kappa shape index (κ1) is 14.7. The maximum Gasteiger partial charge on any atom is 0.332 e. The van der Waals surface area contributed by atoms with Gasteiger partial charge in [0, 0.05) is 33.3 Å². The summed E-state index contributed by atoms with van der Waals surface area (Å²) in [7, 11) is 4.62. The van der Waals surface area contributed by atoms with Crippen molar-refractivity contribution < 1.29 is 4.42 Å². The number of rotatable bonds is 3. The Morgan fingerprint density at radius 3 is 2.52 bits per heavy atom. The molecule has 2 aromatic rings. The van der Waals surface area contributed by atoms with Crippen LogP contribution in [0.3, 0.4) is 0 Å². The molecule has 0 saturated carbocycles. The molecule has 0 radical (unpaired) electrons. The molecule has 0 aliphatic heterocycles. The van der Waals surface area contributed by atoms with Gasteiger partial charge < -0.3 is 9.32 Å². The van der Waals surface area contributed by atoms with Gasteiger partial charge in [0.1, 0.15) is 17.6 Å². The zero-order chi connectivity index (χ0) is 15.7. The van der Waals surface area contributed by atoms with Crippen LogP contribution >= 0.6 is 0 Å². The molecule has 0 bridgehead atoms. The lowest BCUT2D eigenvalue weighted by Crippen LogP contribution is -2.41. The summed E-state index contributed by atoms with van der Waals surface area (Å²) in [6.07, 6.45) is 1.58. The van der Waals surface area contributed by atoms with Crippen molar-refractivity contribution in [2.45, 2.75) is 13.5 Å². The van der Waals surface area contributed by atoms with E-state index in [1.165, 1.54) is 18.7 Å². The van der Waals surface area contributed by atoms with Crippen LogP contribution in [0.25, 0.3) is 0 Å². The predicted octanol–water partition coefficient (Wildman–Crippen LogP) is 0.493. The van der Waals surface area contributed by atoms with E-state index in [1.807, 2.05) is 19.1 Å². The molecular weight excluding hydrogens is 272 g/mol. The molecule has 7 heteroatoms. The highest BCUT2D eigenvalue weighted by Gasteiger charge is 2.19. The molecule has 2 aromatic heterocycles. The second kappa shape index (κ2) is 5.32. The van der Waals surface area contributed by atoms with Crippen LogP contribution in [0.4, 0.5) is 5.82 Å². The molecule has 110 valence electrons. The molecule has 0 fully saturated rings. The van der Waals surface area contributed by atoms with Gasteiger partial charge >= 0.3 is 5.69 Å². The Kier molecular flexibility index (Phi) is 3.72. The summed E-state index contributed by atoms with van der Waals surface area (Å²) in [6, 6.07) is 3.71. The molecule has 0 aromatic carbocycles. The number of hydrogen-bond acceptors (Lipinski definition) is 5. The first-order valence-electron chi connectivity index (χ1n) is 6.32. The van der Waals surface area contributed by atoms with Gasteiger partial charge in [0.2, 0.25) is 0 Å². The summed E-state index contributed by atoms with van der Waals surface area (Å²) in [5.41, 5.74) is -0.186. The van der Waals surface area contributed by atoms with Crippen molar-refractivity contribution in [2.75, 3.05) is 11.9 Å². The average molecular weight is 288 g/mol. The molecule has 0 saturated heterocycles. The first-order valence-corrected chi connectivity index (χ1v) is 6.32. The summed E-state index contributed by atoms with van der Waals surface area (Å²) >= 11 is 0. The van der Waals surface area contributed by atoms with E-state index in [-0.39, 0.29) is 5.56 Å². The average Bonchev–Trinajstić information content (AvgIpc) is 2.85. The molecule has 0 aliphatic carbocycles. The van der Waals surface area contributed by atoms with Gasteiger partial charge in [-0.2, -0.15) is 5.26 Å². The normalized spacial score (nSPS) is 10.4. The van der Waals surface area contributed by atoms with Gasteiger partial charge in [0.05, 0.1) is 6.26 Å². The second-order valence-corrected chi connectivity index (χ2v) is 4.87. The number of aryl methyl sites for hydroxylation is 1. The fourth-order valence-corrected chi connectivity index (χ4v) is 2.28. The van der Waals surface area contributed by atoms with Gasteiger partial charge in [0.25, 0.3) is 5.56 Å². The Bertz CT molecular complexity index is 835. The van der Waals surface area contributed by atoms with Crippen LogP contribution in [0.15, 0.2) is 26.3 Å². The zero-order valence-corrected chi connectivity index (χ0v) is 12.4. The van der Waals surface area contributed by atoms with Crippen molar-refractivity contribution in [3.05, 3.63) is 50.1 Å². The van der Waals surface area contributed by atoms with Gasteiger partial charge in [0.15, 0.2) is 5.56 Å². The zero-order valence-electron chi connectivity index (χ0n) is 12.4. The SMILES string of the molecule is Cc1occc1CN(C)c1c(C#N)c(=O)n(C)c(=O)n1C. The quantitative estimate of drug-likeness (QED) is 0.821. The highest BCUT2D eigenvalue weighted by molar-refractivity contribution is 5.53. The third-order valence-electron chi connectivity index (χ3n) is 3.48. The summed E-state index contributed by atoms with van der Waals surface area (Å²) in [5.74, 6) is 1.06. The molecule has 0 unspecified atom stereocenters. The van der Waals surface area contributed by atoms with Crippen molar-refractivity contribution in [2.24, 2.45) is 14.1 Å². The monoisotopic (exact) mass is 288 g/mol. The number of hydrogen-bond donors (Lipinski definition) is 0. The van der Waals surface area contributed by atoms with Crippen molar-refractivity contribution in [1.82, 2.24) is 9.13 Å². The van der Waals surface area contributed by atoms with Gasteiger partial charge in [-0.3, -0.25) is 13.9 Å². The first-order chi connectivity index (χ1) is 9.88. The van der Waals surface area contributed by atoms with Crippen LogP contribution in [0.2, 0.25) is 0 Å². The van der Waals surface area contributed by atoms with Gasteiger partial charge in [-0.25, -0.2) is 4.79 Å². The maximum atomic E-state index is 12.0. The van der Waals surface area contributed by atoms with E-state index in [0.29, 0.717) is 12.4 Å².